The molecule has 3 aromatic rings. The molecule has 0 saturated heterocycles. The molecule has 1 aromatic carbocycles. The monoisotopic (exact) mass is 545 g/mol. The van der Waals surface area contributed by atoms with Crippen molar-refractivity contribution in [3.8, 4) is 11.5 Å². The minimum Gasteiger partial charge on any atom is -0.480 e. The van der Waals surface area contributed by atoms with E-state index in [2.05, 4.69) is 29.1 Å². The molecule has 0 spiro atoms. The zero-order valence-corrected chi connectivity index (χ0v) is 24.1. The van der Waals surface area contributed by atoms with Gasteiger partial charge in [0.25, 0.3) is 0 Å². The Morgan fingerprint density at radius 1 is 1.13 bits per heavy atom. The van der Waals surface area contributed by atoms with Crippen molar-refractivity contribution >= 4 is 33.1 Å². The van der Waals surface area contributed by atoms with Gasteiger partial charge in [-0.25, -0.2) is 24.6 Å². The molecule has 38 heavy (non-hydrogen) atoms. The van der Waals surface area contributed by atoms with Crippen molar-refractivity contribution in [2.75, 3.05) is 31.1 Å². The highest BCUT2D eigenvalue weighted by Gasteiger charge is 2.24. The van der Waals surface area contributed by atoms with Crippen molar-refractivity contribution in [1.82, 2.24) is 14.9 Å². The summed E-state index contributed by atoms with van der Waals surface area (Å²) in [4.78, 5) is 28.3. The van der Waals surface area contributed by atoms with Gasteiger partial charge in [0.1, 0.15) is 35.5 Å². The number of hydrogen-bond donors (Lipinski definition) is 2. The third-order valence-corrected chi connectivity index (χ3v) is 6.95. The van der Waals surface area contributed by atoms with E-state index in [1.807, 2.05) is 23.8 Å². The molecule has 2 heterocycles. The lowest BCUT2D eigenvalue weighted by molar-refractivity contribution is -0.139. The second kappa shape index (κ2) is 12.1. The molecule has 2 aromatic heterocycles. The average molecular weight is 546 g/mol. The number of amides is 1. The molecular formula is C28H39N3O6S. The van der Waals surface area contributed by atoms with Crippen LogP contribution in [0.2, 0.25) is 0 Å². The van der Waals surface area contributed by atoms with Gasteiger partial charge in [-0.15, -0.1) is 0 Å². The summed E-state index contributed by atoms with van der Waals surface area (Å²) >= 11 is 0. The van der Waals surface area contributed by atoms with Crippen LogP contribution in [-0.2, 0) is 27.4 Å². The third-order valence-electron chi connectivity index (χ3n) is 5.56. The van der Waals surface area contributed by atoms with E-state index in [1.165, 1.54) is 0 Å². The second-order valence-electron chi connectivity index (χ2n) is 11.1. The summed E-state index contributed by atoms with van der Waals surface area (Å²) in [5.41, 5.74) is 1.83. The number of aliphatic carboxylic acids is 1. The number of rotatable bonds is 11. The number of pyridine rings is 1. The highest BCUT2D eigenvalue weighted by Crippen LogP contribution is 2.34. The van der Waals surface area contributed by atoms with Gasteiger partial charge >= 0.3 is 12.1 Å². The normalized spacial score (nSPS) is 13.2. The molecule has 0 unspecified atom stereocenters. The summed E-state index contributed by atoms with van der Waals surface area (Å²) in [6, 6.07) is 7.82. The maximum atomic E-state index is 12.0. The van der Waals surface area contributed by atoms with Crippen LogP contribution in [0.1, 0.15) is 31.9 Å². The predicted octanol–water partition coefficient (Wildman–Crippen LogP) is 5.33. The number of aryl methyl sites for hydroxylation is 1. The maximum Gasteiger partial charge on any atom is 0.408 e. The Bertz CT molecular complexity index is 1260. The van der Waals surface area contributed by atoms with Crippen LogP contribution in [0.5, 0.6) is 11.5 Å². The standard InChI is InChI=1S/C28H39N3O6S/c1-19-17-31(18-35-14-15-38(5,6)7)25-24(19)23(12-13-29-25)36-21-10-8-20(9-11-21)16-22(26(32)33)30-27(34)37-28(2,3)4/h8-13,17,22H,14-16,18H2,1-7H3,(H,30,34)(H,32,33)/t22-/m0/s1. The quantitative estimate of drug-likeness (QED) is 0.313. The van der Waals surface area contributed by atoms with Crippen LogP contribution in [-0.4, -0.2) is 69.5 Å². The second-order valence-corrected chi connectivity index (χ2v) is 15.7. The first-order chi connectivity index (χ1) is 17.7. The van der Waals surface area contributed by atoms with E-state index in [9.17, 15) is 14.7 Å². The zero-order chi connectivity index (χ0) is 28.1. The number of benzene rings is 1. The Balaban J connectivity index is 1.68. The number of aromatic nitrogens is 2. The Labute approximate surface area is 225 Å². The molecule has 9 nitrogen and oxygen atoms in total. The molecule has 0 aliphatic rings. The number of carbonyl (C=O) groups excluding carboxylic acids is 1. The fraction of sp³-hybridized carbons (Fsp3) is 0.464. The summed E-state index contributed by atoms with van der Waals surface area (Å²) in [5, 5.41) is 12.9. The first-order valence-electron chi connectivity index (χ1n) is 12.4. The summed E-state index contributed by atoms with van der Waals surface area (Å²) in [6.07, 6.45) is 9.88. The van der Waals surface area contributed by atoms with Gasteiger partial charge in [0.15, 0.2) is 0 Å². The number of nitrogens with zero attached hydrogens (tertiary/aromatic N) is 2. The van der Waals surface area contributed by atoms with Crippen LogP contribution in [0.25, 0.3) is 11.0 Å². The largest absolute Gasteiger partial charge is 0.480 e. The highest BCUT2D eigenvalue weighted by molar-refractivity contribution is 8.32. The molecule has 0 aliphatic carbocycles. The van der Waals surface area contributed by atoms with Crippen LogP contribution in [0.15, 0.2) is 42.7 Å². The maximum absolute atomic E-state index is 12.0. The molecule has 10 heteroatoms. The third kappa shape index (κ3) is 8.66. The van der Waals surface area contributed by atoms with Gasteiger partial charge in [0.2, 0.25) is 0 Å². The Hall–Kier alpha value is -3.24. The minimum atomic E-state index is -1.14. The number of ether oxygens (including phenoxy) is 3. The zero-order valence-electron chi connectivity index (χ0n) is 23.2. The van der Waals surface area contributed by atoms with Crippen LogP contribution in [0, 0.1) is 6.92 Å². The Morgan fingerprint density at radius 3 is 2.42 bits per heavy atom. The molecule has 0 radical (unpaired) electrons. The number of fused-ring (bicyclic) bond motifs is 1. The lowest BCUT2D eigenvalue weighted by Gasteiger charge is -2.24. The number of hydrogen-bond acceptors (Lipinski definition) is 6. The van der Waals surface area contributed by atoms with E-state index in [4.69, 9.17) is 14.2 Å². The first-order valence-corrected chi connectivity index (χ1v) is 15.4. The van der Waals surface area contributed by atoms with E-state index < -0.39 is 33.7 Å². The lowest BCUT2D eigenvalue weighted by atomic mass is 10.1. The fourth-order valence-corrected chi connectivity index (χ4v) is 4.36. The Morgan fingerprint density at radius 2 is 1.82 bits per heavy atom. The van der Waals surface area contributed by atoms with Crippen LogP contribution < -0.4 is 10.1 Å². The number of alkyl carbamates (subject to hydrolysis) is 1. The molecule has 1 amide bonds. The summed E-state index contributed by atoms with van der Waals surface area (Å²) in [6.45, 7) is 8.30. The van der Waals surface area contributed by atoms with Gasteiger partial charge in [-0.1, -0.05) is 12.1 Å². The van der Waals surface area contributed by atoms with E-state index in [1.54, 1.807) is 51.2 Å². The minimum absolute atomic E-state index is 0.104. The van der Waals surface area contributed by atoms with Gasteiger partial charge in [0.05, 0.1) is 12.0 Å². The number of carboxylic acid groups (broad SMARTS) is 1. The van der Waals surface area contributed by atoms with Gasteiger partial charge in [-0.05, 0) is 75.8 Å². The molecule has 0 saturated carbocycles. The SMILES string of the molecule is Cc1cn(COCCS(C)(C)C)c2nccc(Oc3ccc(C[C@H](NC(=O)OC(C)(C)C)C(=O)O)cc3)c12. The molecule has 3 rings (SSSR count). The van der Waals surface area contributed by atoms with Gasteiger partial charge < -0.3 is 29.2 Å². The van der Waals surface area contributed by atoms with Crippen molar-refractivity contribution in [1.29, 1.82) is 0 Å². The smallest absolute Gasteiger partial charge is 0.408 e. The molecule has 0 bridgehead atoms. The molecule has 2 N–H and O–H groups in total. The van der Waals surface area contributed by atoms with E-state index in [0.29, 0.717) is 24.8 Å². The first kappa shape index (κ1) is 29.3. The summed E-state index contributed by atoms with van der Waals surface area (Å²) in [5.74, 6) is 1.18. The number of carboxylic acids is 1. The van der Waals surface area contributed by atoms with Crippen molar-refractivity contribution in [2.24, 2.45) is 0 Å². The van der Waals surface area contributed by atoms with Crippen molar-refractivity contribution in [3.63, 3.8) is 0 Å². The van der Waals surface area contributed by atoms with Crippen LogP contribution in [0.3, 0.4) is 0 Å². The fourth-order valence-electron chi connectivity index (χ4n) is 3.74. The van der Waals surface area contributed by atoms with E-state index in [0.717, 1.165) is 27.9 Å². The predicted molar refractivity (Wildman–Crippen MR) is 152 cm³/mol. The molecule has 0 aliphatic heterocycles. The topological polar surface area (TPSA) is 112 Å². The van der Waals surface area contributed by atoms with Crippen LogP contribution in [0.4, 0.5) is 4.79 Å². The Kier molecular flexibility index (Phi) is 9.32. The average Bonchev–Trinajstić information content (AvgIpc) is 3.12. The molecular weight excluding hydrogens is 506 g/mol. The van der Waals surface area contributed by atoms with E-state index >= 15 is 0 Å². The van der Waals surface area contributed by atoms with Crippen molar-refractivity contribution in [2.45, 2.75) is 52.5 Å². The molecule has 1 atom stereocenters. The molecule has 0 fully saturated rings. The lowest BCUT2D eigenvalue weighted by Crippen LogP contribution is -2.44. The highest BCUT2D eigenvalue weighted by atomic mass is 32.3. The van der Waals surface area contributed by atoms with Gasteiger partial charge in [0, 0.05) is 24.6 Å². The van der Waals surface area contributed by atoms with Gasteiger partial charge in [-0.3, -0.25) is 0 Å². The molecule has 208 valence electrons. The van der Waals surface area contributed by atoms with Gasteiger partial charge in [-0.2, -0.15) is 0 Å². The number of carbonyl (C=O) groups is 2. The summed E-state index contributed by atoms with van der Waals surface area (Å²) < 4.78 is 19.3. The van der Waals surface area contributed by atoms with Crippen molar-refractivity contribution < 1.29 is 28.9 Å². The number of nitrogens with one attached hydrogen (secondary N) is 1. The van der Waals surface area contributed by atoms with E-state index in [-0.39, 0.29) is 6.42 Å². The van der Waals surface area contributed by atoms with Crippen molar-refractivity contribution in [3.05, 3.63) is 53.9 Å². The van der Waals surface area contributed by atoms with Crippen LogP contribution >= 0.6 is 10.0 Å². The summed E-state index contributed by atoms with van der Waals surface area (Å²) in [7, 11) is -0.607.